The Morgan fingerprint density at radius 1 is 1.42 bits per heavy atom. The molecule has 0 aromatic carbocycles. The molecule has 0 amide bonds. The fourth-order valence-corrected chi connectivity index (χ4v) is 1.23. The quantitative estimate of drug-likeness (QED) is 0.533. The van der Waals surface area contributed by atoms with Gasteiger partial charge in [-0.1, -0.05) is 19.8 Å². The lowest BCUT2D eigenvalue weighted by molar-refractivity contribution is 0.0736. The number of β-amino-alcohol motifs (C(OH)–C–C–N with tert-alkyl or cyclic N) is 1. The minimum atomic E-state index is -0.743. The first-order valence-electron chi connectivity index (χ1n) is 4.64. The molecule has 70 valence electrons. The number of rotatable bonds is 0. The maximum absolute atomic E-state index is 9.64. The highest BCUT2D eigenvalue weighted by Crippen LogP contribution is 2.13. The summed E-state index contributed by atoms with van der Waals surface area (Å²) in [5.41, 5.74) is -0.743. The molecule has 1 saturated heterocycles. The van der Waals surface area contributed by atoms with Crippen molar-refractivity contribution in [2.45, 2.75) is 39.2 Å². The van der Waals surface area contributed by atoms with E-state index in [0.29, 0.717) is 6.54 Å². The van der Waals surface area contributed by atoms with Crippen LogP contribution in [-0.2, 0) is 0 Å². The van der Waals surface area contributed by atoms with Crippen molar-refractivity contribution in [3.05, 3.63) is 0 Å². The second kappa shape index (κ2) is 6.05. The maximum atomic E-state index is 9.64. The Balaban J connectivity index is 0.000000561. The lowest BCUT2D eigenvalue weighted by Crippen LogP contribution is -2.44. The van der Waals surface area contributed by atoms with Crippen LogP contribution in [0.2, 0.25) is 0 Å². The van der Waals surface area contributed by atoms with E-state index in [2.05, 4.69) is 17.2 Å². The van der Waals surface area contributed by atoms with Gasteiger partial charge in [0.05, 0.1) is 0 Å². The van der Waals surface area contributed by atoms with Crippen LogP contribution < -0.4 is 5.32 Å². The molecule has 1 fully saturated rings. The van der Waals surface area contributed by atoms with E-state index in [9.17, 15) is 5.11 Å². The Bertz CT molecular complexity index is 160. The average molecular weight is 169 g/mol. The first-order chi connectivity index (χ1) is 5.77. The highest BCUT2D eigenvalue weighted by Gasteiger charge is 2.25. The van der Waals surface area contributed by atoms with Crippen molar-refractivity contribution in [1.82, 2.24) is 5.32 Å². The zero-order valence-corrected chi connectivity index (χ0v) is 8.28. The number of hydrogen-bond donors (Lipinski definition) is 2. The van der Waals surface area contributed by atoms with Crippen LogP contribution in [0.3, 0.4) is 0 Å². The summed E-state index contributed by atoms with van der Waals surface area (Å²) in [6.07, 6.45) is 1.83. The summed E-state index contributed by atoms with van der Waals surface area (Å²) in [6.45, 7) is 7.38. The molecule has 1 heterocycles. The normalized spacial score (nSPS) is 27.7. The van der Waals surface area contributed by atoms with Gasteiger partial charge in [0.1, 0.15) is 5.60 Å². The SMILES string of the molecule is CC.CC#CC1(O)CCCNC1. The Hall–Kier alpha value is -0.520. The fraction of sp³-hybridized carbons (Fsp3) is 0.800. The van der Waals surface area contributed by atoms with E-state index >= 15 is 0 Å². The van der Waals surface area contributed by atoms with Crippen LogP contribution in [0.4, 0.5) is 0 Å². The summed E-state index contributed by atoms with van der Waals surface area (Å²) in [4.78, 5) is 0. The van der Waals surface area contributed by atoms with Crippen molar-refractivity contribution < 1.29 is 5.11 Å². The van der Waals surface area contributed by atoms with E-state index in [1.165, 1.54) is 0 Å². The van der Waals surface area contributed by atoms with Gasteiger partial charge >= 0.3 is 0 Å². The molecule has 2 heteroatoms. The summed E-state index contributed by atoms with van der Waals surface area (Å²) in [5.74, 6) is 5.54. The van der Waals surface area contributed by atoms with Gasteiger partial charge in [-0.25, -0.2) is 0 Å². The monoisotopic (exact) mass is 169 g/mol. The lowest BCUT2D eigenvalue weighted by Gasteiger charge is -2.27. The Morgan fingerprint density at radius 3 is 2.50 bits per heavy atom. The zero-order chi connectivity index (χ0) is 9.45. The molecule has 12 heavy (non-hydrogen) atoms. The summed E-state index contributed by atoms with van der Waals surface area (Å²) < 4.78 is 0. The summed E-state index contributed by atoms with van der Waals surface area (Å²) in [7, 11) is 0. The fourth-order valence-electron chi connectivity index (χ4n) is 1.23. The molecule has 0 radical (unpaired) electrons. The first-order valence-corrected chi connectivity index (χ1v) is 4.64. The van der Waals surface area contributed by atoms with Gasteiger partial charge in [0, 0.05) is 6.54 Å². The van der Waals surface area contributed by atoms with Crippen molar-refractivity contribution >= 4 is 0 Å². The summed E-state index contributed by atoms with van der Waals surface area (Å²) in [6, 6.07) is 0. The van der Waals surface area contributed by atoms with E-state index in [1.807, 2.05) is 13.8 Å². The number of nitrogens with one attached hydrogen (secondary N) is 1. The van der Waals surface area contributed by atoms with Gasteiger partial charge in [0.2, 0.25) is 0 Å². The molecule has 1 unspecified atom stereocenters. The molecule has 0 aliphatic carbocycles. The van der Waals surface area contributed by atoms with Crippen molar-refractivity contribution in [3.8, 4) is 11.8 Å². The maximum Gasteiger partial charge on any atom is 0.137 e. The van der Waals surface area contributed by atoms with E-state index in [4.69, 9.17) is 0 Å². The van der Waals surface area contributed by atoms with Crippen LogP contribution in [0.15, 0.2) is 0 Å². The molecule has 1 rings (SSSR count). The molecule has 0 aromatic rings. The predicted molar refractivity (Wildman–Crippen MR) is 51.9 cm³/mol. The molecule has 0 saturated carbocycles. The van der Waals surface area contributed by atoms with Crippen LogP contribution in [0.1, 0.15) is 33.6 Å². The van der Waals surface area contributed by atoms with Gasteiger partial charge in [-0.2, -0.15) is 0 Å². The lowest BCUT2D eigenvalue weighted by atomic mass is 9.95. The van der Waals surface area contributed by atoms with Crippen molar-refractivity contribution in [2.75, 3.05) is 13.1 Å². The smallest absolute Gasteiger partial charge is 0.137 e. The van der Waals surface area contributed by atoms with Gasteiger partial charge < -0.3 is 10.4 Å². The third-order valence-electron chi connectivity index (χ3n) is 1.72. The van der Waals surface area contributed by atoms with Crippen molar-refractivity contribution in [2.24, 2.45) is 0 Å². The molecule has 2 nitrogen and oxygen atoms in total. The molecule has 0 spiro atoms. The summed E-state index contributed by atoms with van der Waals surface area (Å²) >= 11 is 0. The van der Waals surface area contributed by atoms with E-state index < -0.39 is 5.60 Å². The van der Waals surface area contributed by atoms with Gasteiger partial charge in [-0.3, -0.25) is 0 Å². The van der Waals surface area contributed by atoms with Crippen LogP contribution in [0.5, 0.6) is 0 Å². The molecular formula is C10H19NO. The van der Waals surface area contributed by atoms with Gasteiger partial charge in [0.15, 0.2) is 0 Å². The van der Waals surface area contributed by atoms with E-state index in [-0.39, 0.29) is 0 Å². The van der Waals surface area contributed by atoms with Crippen molar-refractivity contribution in [3.63, 3.8) is 0 Å². The predicted octanol–water partition coefficient (Wildman–Crippen LogP) is 1.15. The molecule has 0 aromatic heterocycles. The average Bonchev–Trinajstić information content (AvgIpc) is 2.09. The minimum absolute atomic E-state index is 0.619. The second-order valence-electron chi connectivity index (χ2n) is 2.69. The molecule has 1 aliphatic heterocycles. The first kappa shape index (κ1) is 11.5. The third kappa shape index (κ3) is 3.75. The Morgan fingerprint density at radius 2 is 2.08 bits per heavy atom. The van der Waals surface area contributed by atoms with Gasteiger partial charge in [0.25, 0.3) is 0 Å². The van der Waals surface area contributed by atoms with Crippen LogP contribution in [0, 0.1) is 11.8 Å². The summed E-state index contributed by atoms with van der Waals surface area (Å²) in [5, 5.41) is 12.7. The van der Waals surface area contributed by atoms with Crippen LogP contribution in [-0.4, -0.2) is 23.8 Å². The van der Waals surface area contributed by atoms with Gasteiger partial charge in [-0.05, 0) is 26.3 Å². The van der Waals surface area contributed by atoms with Crippen LogP contribution >= 0.6 is 0 Å². The molecule has 2 N–H and O–H groups in total. The minimum Gasteiger partial charge on any atom is -0.376 e. The zero-order valence-electron chi connectivity index (χ0n) is 8.28. The topological polar surface area (TPSA) is 32.3 Å². The Labute approximate surface area is 75.4 Å². The second-order valence-corrected chi connectivity index (χ2v) is 2.69. The highest BCUT2D eigenvalue weighted by atomic mass is 16.3. The third-order valence-corrected chi connectivity index (χ3v) is 1.72. The standard InChI is InChI=1S/C8H13NO.C2H6/c1-2-4-8(10)5-3-6-9-7-8;1-2/h9-10H,3,5-7H2,1H3;1-2H3. The number of piperidine rings is 1. The Kier molecular flexibility index (Phi) is 5.79. The molecule has 1 atom stereocenters. The largest absolute Gasteiger partial charge is 0.376 e. The van der Waals surface area contributed by atoms with Crippen LogP contribution in [0.25, 0.3) is 0 Å². The number of hydrogen-bond acceptors (Lipinski definition) is 2. The highest BCUT2D eigenvalue weighted by molar-refractivity contribution is 5.14. The number of aliphatic hydroxyl groups is 1. The molecule has 1 aliphatic rings. The molecular weight excluding hydrogens is 150 g/mol. The van der Waals surface area contributed by atoms with Gasteiger partial charge in [-0.15, -0.1) is 5.92 Å². The van der Waals surface area contributed by atoms with E-state index in [1.54, 1.807) is 6.92 Å². The van der Waals surface area contributed by atoms with Crippen molar-refractivity contribution in [1.29, 1.82) is 0 Å². The molecule has 0 bridgehead atoms. The van der Waals surface area contributed by atoms with E-state index in [0.717, 1.165) is 19.4 Å².